The maximum Gasteiger partial charge on any atom is 0.132 e. The van der Waals surface area contributed by atoms with E-state index in [0.717, 1.165) is 78.8 Å². The molecule has 2 heterocycles. The van der Waals surface area contributed by atoms with Crippen LogP contribution in [0, 0.1) is 0 Å². The van der Waals surface area contributed by atoms with Gasteiger partial charge < -0.3 is 14.4 Å². The molecule has 16 rings (SSSR count). The predicted molar refractivity (Wildman–Crippen MR) is 296 cm³/mol. The second kappa shape index (κ2) is 15.0. The topological polar surface area (TPSA) is 21.7 Å². The number of benzene rings is 12. The first-order chi connectivity index (χ1) is 36.2. The van der Waals surface area contributed by atoms with Crippen molar-refractivity contribution in [3.05, 3.63) is 305 Å². The zero-order chi connectivity index (χ0) is 47.8. The van der Waals surface area contributed by atoms with Crippen LogP contribution < -0.4 is 14.4 Å². The van der Waals surface area contributed by atoms with Crippen LogP contribution in [0.15, 0.2) is 261 Å². The van der Waals surface area contributed by atoms with Gasteiger partial charge in [0.15, 0.2) is 0 Å². The van der Waals surface area contributed by atoms with Gasteiger partial charge in [0.2, 0.25) is 0 Å². The van der Waals surface area contributed by atoms with Crippen LogP contribution in [-0.2, 0) is 10.8 Å². The van der Waals surface area contributed by atoms with Crippen molar-refractivity contribution >= 4 is 38.6 Å². The first-order valence-electron chi connectivity index (χ1n) is 25.2. The van der Waals surface area contributed by atoms with Gasteiger partial charge in [-0.15, -0.1) is 0 Å². The average Bonchev–Trinajstić information content (AvgIpc) is 3.97. The van der Waals surface area contributed by atoms with E-state index in [2.05, 4.69) is 266 Å². The van der Waals surface area contributed by atoms with Crippen molar-refractivity contribution < 1.29 is 9.47 Å². The molecular weight excluding hydrogens is 887 g/mol. The summed E-state index contributed by atoms with van der Waals surface area (Å²) in [6, 6.07) is 95.9. The van der Waals surface area contributed by atoms with Gasteiger partial charge in [0.25, 0.3) is 0 Å². The van der Waals surface area contributed by atoms with Crippen molar-refractivity contribution in [3.8, 4) is 56.4 Å². The lowest BCUT2D eigenvalue weighted by Gasteiger charge is -2.39. The highest BCUT2D eigenvalue weighted by atomic mass is 16.5. The van der Waals surface area contributed by atoms with E-state index in [1.807, 2.05) is 0 Å². The van der Waals surface area contributed by atoms with E-state index in [1.165, 1.54) is 60.7 Å². The Bertz CT molecular complexity index is 4210. The van der Waals surface area contributed by atoms with E-state index in [-0.39, 0.29) is 0 Å². The van der Waals surface area contributed by atoms with Crippen LogP contribution in [0.3, 0.4) is 0 Å². The Kier molecular flexibility index (Phi) is 8.30. The fourth-order valence-corrected chi connectivity index (χ4v) is 13.5. The van der Waals surface area contributed by atoms with Gasteiger partial charge in [-0.2, -0.15) is 0 Å². The zero-order valence-corrected chi connectivity index (χ0v) is 39.6. The van der Waals surface area contributed by atoms with Gasteiger partial charge in [0.1, 0.15) is 23.0 Å². The van der Waals surface area contributed by atoms with Crippen molar-refractivity contribution in [3.63, 3.8) is 0 Å². The molecule has 0 aromatic heterocycles. The van der Waals surface area contributed by atoms with E-state index in [9.17, 15) is 0 Å². The molecule has 3 nitrogen and oxygen atoms in total. The summed E-state index contributed by atoms with van der Waals surface area (Å²) in [4.78, 5) is 2.52. The number of hydrogen-bond donors (Lipinski definition) is 0. The summed E-state index contributed by atoms with van der Waals surface area (Å²) in [5.74, 6) is 3.53. The predicted octanol–water partition coefficient (Wildman–Crippen LogP) is 18.1. The summed E-state index contributed by atoms with van der Waals surface area (Å²) < 4.78 is 13.5. The molecule has 0 N–H and O–H groups in total. The molecular formula is C70H43NO2. The molecule has 0 amide bonds. The molecule has 73 heavy (non-hydrogen) atoms. The molecule has 0 unspecified atom stereocenters. The smallest absolute Gasteiger partial charge is 0.132 e. The number of fused-ring (bicyclic) bond motifs is 20. The van der Waals surface area contributed by atoms with Crippen molar-refractivity contribution in [2.75, 3.05) is 4.90 Å². The minimum absolute atomic E-state index is 0.619. The second-order valence-corrected chi connectivity index (χ2v) is 19.8. The zero-order valence-electron chi connectivity index (χ0n) is 39.6. The van der Waals surface area contributed by atoms with Crippen molar-refractivity contribution in [1.29, 1.82) is 0 Å². The summed E-state index contributed by atoms with van der Waals surface area (Å²) in [6.45, 7) is 0. The third-order valence-electron chi connectivity index (χ3n) is 16.3. The summed E-state index contributed by atoms with van der Waals surface area (Å²) in [6.07, 6.45) is 0. The number of hydrogen-bond acceptors (Lipinski definition) is 3. The lowest BCUT2D eigenvalue weighted by molar-refractivity contribution is 0.436. The maximum absolute atomic E-state index is 6.79. The van der Waals surface area contributed by atoms with Crippen molar-refractivity contribution in [2.24, 2.45) is 0 Å². The third-order valence-corrected chi connectivity index (χ3v) is 16.3. The van der Waals surface area contributed by atoms with Crippen LogP contribution in [0.2, 0.25) is 0 Å². The molecule has 0 atom stereocenters. The average molecular weight is 930 g/mol. The summed E-state index contributed by atoms with van der Waals surface area (Å²) in [5.41, 5.74) is 18.9. The summed E-state index contributed by atoms with van der Waals surface area (Å²) in [7, 11) is 0. The molecule has 0 saturated carbocycles. The highest BCUT2D eigenvalue weighted by Crippen LogP contribution is 2.66. The monoisotopic (exact) mass is 929 g/mol. The van der Waals surface area contributed by atoms with Gasteiger partial charge in [-0.1, -0.05) is 188 Å². The number of ether oxygens (including phenoxy) is 2. The summed E-state index contributed by atoms with van der Waals surface area (Å²) >= 11 is 0. The largest absolute Gasteiger partial charge is 0.457 e. The van der Waals surface area contributed by atoms with E-state index >= 15 is 0 Å². The van der Waals surface area contributed by atoms with E-state index in [0.29, 0.717) is 0 Å². The number of para-hydroxylation sites is 5. The molecule has 2 spiro atoms. The van der Waals surface area contributed by atoms with Crippen LogP contribution in [0.25, 0.3) is 54.9 Å². The van der Waals surface area contributed by atoms with Crippen LogP contribution in [0.5, 0.6) is 23.0 Å². The molecule has 0 bridgehead atoms. The summed E-state index contributed by atoms with van der Waals surface area (Å²) in [5, 5.41) is 4.79. The van der Waals surface area contributed by atoms with E-state index < -0.39 is 10.8 Å². The Hall–Kier alpha value is -9.44. The first-order valence-corrected chi connectivity index (χ1v) is 25.2. The Morgan fingerprint density at radius 3 is 1.32 bits per heavy atom. The third kappa shape index (κ3) is 5.38. The molecule has 4 aliphatic rings. The standard InChI is InChI=1S/C70H43NO2/c1-2-19-44(20-3-1)50-23-7-13-31-62(50)71(63-32-18-30-59-68(63)51-24-6-8-25-54(51)69(59)55-26-9-14-33-64(55)72-65-34-15-10-27-56(65)69)49-38-37-47-41-53-52-40-45-21-4-5-22-46(45)42-60(52)70(61(53)43-48(47)39-49)57-28-11-16-35-66(57)73-67-36-17-12-29-58(67)70/h1-43H. The molecule has 12 aromatic rings. The minimum Gasteiger partial charge on any atom is -0.457 e. The molecule has 12 aromatic carbocycles. The van der Waals surface area contributed by atoms with Crippen LogP contribution in [0.1, 0.15) is 44.5 Å². The van der Waals surface area contributed by atoms with Gasteiger partial charge in [0.05, 0.1) is 22.2 Å². The SMILES string of the molecule is c1ccc(-c2ccccc2N(c2ccc3cc4c(cc3c2)C2(c3ccccc3Oc3ccccc32)c2cc3ccccc3cc2-4)c2cccc3c2-c2ccccc2C32c3ccccc3Oc3ccccc32)cc1. The Balaban J connectivity index is 0.989. The number of nitrogens with zero attached hydrogens (tertiary/aromatic N) is 1. The molecule has 2 aliphatic carbocycles. The molecule has 0 saturated heterocycles. The lowest BCUT2D eigenvalue weighted by atomic mass is 9.66. The van der Waals surface area contributed by atoms with Gasteiger partial charge in [-0.25, -0.2) is 0 Å². The molecule has 0 radical (unpaired) electrons. The Labute approximate surface area is 423 Å². The van der Waals surface area contributed by atoms with Crippen molar-refractivity contribution in [2.45, 2.75) is 10.8 Å². The highest BCUT2D eigenvalue weighted by molar-refractivity contribution is 6.04. The second-order valence-electron chi connectivity index (χ2n) is 19.8. The van der Waals surface area contributed by atoms with Gasteiger partial charge >= 0.3 is 0 Å². The first kappa shape index (κ1) is 40.3. The van der Waals surface area contributed by atoms with Gasteiger partial charge in [0, 0.05) is 39.1 Å². The number of anilines is 3. The van der Waals surface area contributed by atoms with Gasteiger partial charge in [-0.3, -0.25) is 0 Å². The maximum atomic E-state index is 6.79. The van der Waals surface area contributed by atoms with E-state index in [4.69, 9.17) is 9.47 Å². The fourth-order valence-electron chi connectivity index (χ4n) is 13.5. The number of rotatable bonds is 4. The lowest BCUT2D eigenvalue weighted by Crippen LogP contribution is -2.32. The Morgan fingerprint density at radius 2 is 0.699 bits per heavy atom. The minimum atomic E-state index is -0.626. The highest BCUT2D eigenvalue weighted by Gasteiger charge is 2.53. The van der Waals surface area contributed by atoms with Crippen molar-refractivity contribution in [1.82, 2.24) is 0 Å². The molecule has 0 fully saturated rings. The molecule has 340 valence electrons. The fraction of sp³-hybridized carbons (Fsp3) is 0.0286. The van der Waals surface area contributed by atoms with Crippen LogP contribution >= 0.6 is 0 Å². The van der Waals surface area contributed by atoms with Crippen LogP contribution in [-0.4, -0.2) is 0 Å². The Morgan fingerprint density at radius 1 is 0.260 bits per heavy atom. The normalized spacial score (nSPS) is 14.2. The molecule has 3 heteroatoms. The molecule has 2 aliphatic heterocycles. The van der Waals surface area contributed by atoms with Gasteiger partial charge in [-0.05, 0) is 139 Å². The van der Waals surface area contributed by atoms with E-state index in [1.54, 1.807) is 0 Å². The van der Waals surface area contributed by atoms with Crippen LogP contribution in [0.4, 0.5) is 17.1 Å². The quantitative estimate of drug-likeness (QED) is 0.176.